The van der Waals surface area contributed by atoms with Crippen molar-refractivity contribution in [1.29, 1.82) is 0 Å². The van der Waals surface area contributed by atoms with Crippen LogP contribution in [0.15, 0.2) is 69.7 Å². The van der Waals surface area contributed by atoms with Crippen LogP contribution in [0.1, 0.15) is 31.7 Å². The normalized spacial score (nSPS) is 11.4. The molecule has 0 atom stereocenters. The molecule has 3 rings (SSSR count). The van der Waals surface area contributed by atoms with Crippen molar-refractivity contribution < 1.29 is 9.21 Å². The number of hydrogen-bond acceptors (Lipinski definition) is 3. The van der Waals surface area contributed by atoms with Crippen molar-refractivity contribution in [3.63, 3.8) is 0 Å². The highest BCUT2D eigenvalue weighted by Gasteiger charge is 2.21. The van der Waals surface area contributed by atoms with Gasteiger partial charge in [-0.15, -0.1) is 0 Å². The van der Waals surface area contributed by atoms with Gasteiger partial charge in [0.1, 0.15) is 0 Å². The van der Waals surface area contributed by atoms with E-state index in [1.807, 2.05) is 42.5 Å². The van der Waals surface area contributed by atoms with Crippen molar-refractivity contribution >= 4 is 21.8 Å². The Kier molecular flexibility index (Phi) is 6.11. The van der Waals surface area contributed by atoms with Gasteiger partial charge in [-0.25, -0.2) is 4.98 Å². The van der Waals surface area contributed by atoms with E-state index in [9.17, 15) is 4.79 Å². The lowest BCUT2D eigenvalue weighted by Gasteiger charge is -2.25. The first-order chi connectivity index (χ1) is 12.9. The number of carbonyl (C=O) groups excluding carboxylic acids is 1. The largest absolute Gasteiger partial charge is 0.441 e. The number of oxazole rings is 1. The maximum absolute atomic E-state index is 12.2. The molecule has 2 aromatic carbocycles. The van der Waals surface area contributed by atoms with E-state index < -0.39 is 0 Å². The van der Waals surface area contributed by atoms with Crippen LogP contribution in [0.5, 0.6) is 0 Å². The smallest absolute Gasteiger partial charge is 0.220 e. The van der Waals surface area contributed by atoms with Crippen LogP contribution >= 0.6 is 15.9 Å². The summed E-state index contributed by atoms with van der Waals surface area (Å²) >= 11 is 3.45. The first-order valence-corrected chi connectivity index (χ1v) is 9.76. The van der Waals surface area contributed by atoms with Crippen LogP contribution < -0.4 is 5.32 Å². The van der Waals surface area contributed by atoms with Crippen molar-refractivity contribution in [3.8, 4) is 11.3 Å². The Labute approximate surface area is 168 Å². The molecule has 0 bridgehead atoms. The van der Waals surface area contributed by atoms with E-state index in [4.69, 9.17) is 4.42 Å². The fourth-order valence-electron chi connectivity index (χ4n) is 2.79. The molecule has 5 heteroatoms. The quantitative estimate of drug-likeness (QED) is 0.569. The van der Waals surface area contributed by atoms with Crippen LogP contribution in [-0.2, 0) is 16.6 Å². The number of carbonyl (C=O) groups is 1. The van der Waals surface area contributed by atoms with Gasteiger partial charge in [-0.3, -0.25) is 4.79 Å². The van der Waals surface area contributed by atoms with Gasteiger partial charge in [-0.1, -0.05) is 72.2 Å². The van der Waals surface area contributed by atoms with Gasteiger partial charge in [-0.05, 0) is 17.7 Å². The minimum atomic E-state index is -0.139. The molecule has 0 spiro atoms. The summed E-state index contributed by atoms with van der Waals surface area (Å²) in [7, 11) is 0. The van der Waals surface area contributed by atoms with E-state index in [0.717, 1.165) is 15.8 Å². The number of hydrogen-bond donors (Lipinski definition) is 1. The second-order valence-electron chi connectivity index (χ2n) is 7.15. The average molecular weight is 427 g/mol. The molecule has 0 fully saturated rings. The van der Waals surface area contributed by atoms with Crippen LogP contribution in [0.2, 0.25) is 0 Å². The third-order valence-electron chi connectivity index (χ3n) is 4.53. The molecule has 140 valence electrons. The lowest BCUT2D eigenvalue weighted by Crippen LogP contribution is -2.36. The van der Waals surface area contributed by atoms with Crippen molar-refractivity contribution in [3.05, 3.63) is 76.7 Å². The maximum Gasteiger partial charge on any atom is 0.220 e. The van der Waals surface area contributed by atoms with Gasteiger partial charge >= 0.3 is 0 Å². The number of halogens is 1. The fourth-order valence-corrected chi connectivity index (χ4v) is 3.06. The molecule has 1 heterocycles. The van der Waals surface area contributed by atoms with E-state index in [2.05, 4.69) is 52.2 Å². The Morgan fingerprint density at radius 3 is 2.52 bits per heavy atom. The van der Waals surface area contributed by atoms with Gasteiger partial charge in [0.25, 0.3) is 0 Å². The third kappa shape index (κ3) is 5.30. The minimum absolute atomic E-state index is 0.000326. The van der Waals surface area contributed by atoms with E-state index in [1.165, 1.54) is 5.56 Å². The highest BCUT2D eigenvalue weighted by atomic mass is 79.9. The molecule has 0 aliphatic rings. The van der Waals surface area contributed by atoms with Crippen LogP contribution in [0.25, 0.3) is 11.3 Å². The molecule has 0 aliphatic carbocycles. The monoisotopic (exact) mass is 426 g/mol. The summed E-state index contributed by atoms with van der Waals surface area (Å²) in [6, 6.07) is 18.0. The number of benzene rings is 2. The lowest BCUT2D eigenvalue weighted by molar-refractivity contribution is -0.121. The zero-order valence-electron chi connectivity index (χ0n) is 15.5. The van der Waals surface area contributed by atoms with Gasteiger partial charge in [0.2, 0.25) is 5.91 Å². The van der Waals surface area contributed by atoms with Crippen molar-refractivity contribution in [1.82, 2.24) is 10.3 Å². The zero-order valence-corrected chi connectivity index (χ0v) is 17.1. The molecule has 1 amide bonds. The SMILES string of the molecule is CC(C)(CNC(=O)CCc1ncc(-c2ccccc2)o1)c1ccc(Br)cc1. The summed E-state index contributed by atoms with van der Waals surface area (Å²) in [5.74, 6) is 1.30. The Balaban J connectivity index is 1.50. The second-order valence-corrected chi connectivity index (χ2v) is 8.07. The van der Waals surface area contributed by atoms with E-state index >= 15 is 0 Å². The summed E-state index contributed by atoms with van der Waals surface area (Å²) in [6.07, 6.45) is 2.54. The molecule has 0 saturated heterocycles. The lowest BCUT2D eigenvalue weighted by atomic mass is 9.84. The summed E-state index contributed by atoms with van der Waals surface area (Å²) in [5, 5.41) is 3.02. The number of nitrogens with one attached hydrogen (secondary N) is 1. The first-order valence-electron chi connectivity index (χ1n) is 8.97. The van der Waals surface area contributed by atoms with Gasteiger partial charge < -0.3 is 9.73 Å². The second kappa shape index (κ2) is 8.53. The van der Waals surface area contributed by atoms with Crippen molar-refractivity contribution in [2.75, 3.05) is 6.54 Å². The van der Waals surface area contributed by atoms with E-state index in [0.29, 0.717) is 25.3 Å². The van der Waals surface area contributed by atoms with E-state index in [1.54, 1.807) is 6.20 Å². The van der Waals surface area contributed by atoms with E-state index in [-0.39, 0.29) is 11.3 Å². The molecule has 0 aliphatic heterocycles. The Hall–Kier alpha value is -2.40. The van der Waals surface area contributed by atoms with Crippen LogP contribution in [0.3, 0.4) is 0 Å². The van der Waals surface area contributed by atoms with Gasteiger partial charge in [-0.2, -0.15) is 0 Å². The molecule has 27 heavy (non-hydrogen) atoms. The van der Waals surface area contributed by atoms with Crippen LogP contribution in [0, 0.1) is 0 Å². The predicted octanol–water partition coefficient (Wildman–Crippen LogP) is 5.13. The molecule has 0 saturated carbocycles. The number of rotatable bonds is 7. The minimum Gasteiger partial charge on any atom is -0.441 e. The highest BCUT2D eigenvalue weighted by molar-refractivity contribution is 9.10. The number of aromatic nitrogens is 1. The maximum atomic E-state index is 12.2. The Morgan fingerprint density at radius 2 is 1.81 bits per heavy atom. The number of nitrogens with zero attached hydrogens (tertiary/aromatic N) is 1. The standard InChI is InChI=1S/C22H23BrN2O2/c1-22(2,17-8-10-18(23)11-9-17)15-25-20(26)12-13-21-24-14-19(27-21)16-6-4-3-5-7-16/h3-11,14H,12-13,15H2,1-2H3,(H,25,26). The number of amides is 1. The summed E-state index contributed by atoms with van der Waals surface area (Å²) in [4.78, 5) is 16.5. The molecule has 3 aromatic rings. The van der Waals surface area contributed by atoms with Gasteiger partial charge in [0.05, 0.1) is 6.20 Å². The molecule has 1 aromatic heterocycles. The Morgan fingerprint density at radius 1 is 1.11 bits per heavy atom. The predicted molar refractivity (Wildman–Crippen MR) is 110 cm³/mol. The van der Waals surface area contributed by atoms with Crippen LogP contribution in [0.4, 0.5) is 0 Å². The molecule has 0 radical (unpaired) electrons. The third-order valence-corrected chi connectivity index (χ3v) is 5.06. The van der Waals surface area contributed by atoms with Crippen molar-refractivity contribution in [2.24, 2.45) is 0 Å². The summed E-state index contributed by atoms with van der Waals surface area (Å²) < 4.78 is 6.80. The molecule has 0 unspecified atom stereocenters. The average Bonchev–Trinajstić information content (AvgIpc) is 3.15. The first kappa shape index (κ1) is 19.4. The van der Waals surface area contributed by atoms with Gasteiger partial charge in [0.15, 0.2) is 11.7 Å². The van der Waals surface area contributed by atoms with Gasteiger partial charge in [0, 0.05) is 34.8 Å². The highest BCUT2D eigenvalue weighted by Crippen LogP contribution is 2.24. The molecular formula is C22H23BrN2O2. The van der Waals surface area contributed by atoms with Crippen molar-refractivity contribution in [2.45, 2.75) is 32.1 Å². The van der Waals surface area contributed by atoms with Crippen LogP contribution in [-0.4, -0.2) is 17.4 Å². The topological polar surface area (TPSA) is 55.1 Å². The zero-order chi connectivity index (χ0) is 19.3. The molecular weight excluding hydrogens is 404 g/mol. The summed E-state index contributed by atoms with van der Waals surface area (Å²) in [5.41, 5.74) is 2.03. The molecule has 4 nitrogen and oxygen atoms in total. The number of aryl methyl sites for hydroxylation is 1. The molecule has 1 N–H and O–H groups in total. The fraction of sp³-hybridized carbons (Fsp3) is 0.273. The Bertz CT molecular complexity index is 886. The summed E-state index contributed by atoms with van der Waals surface area (Å²) in [6.45, 7) is 4.82.